The quantitative estimate of drug-likeness (QED) is 0.503. The van der Waals surface area contributed by atoms with Crippen LogP contribution in [0.2, 0.25) is 0 Å². The van der Waals surface area contributed by atoms with Crippen LogP contribution in [0.4, 0.5) is 24.5 Å². The Labute approximate surface area is 96.6 Å². The van der Waals surface area contributed by atoms with E-state index in [0.717, 1.165) is 6.07 Å². The Morgan fingerprint density at radius 1 is 1.17 bits per heavy atom. The van der Waals surface area contributed by atoms with E-state index in [-0.39, 0.29) is 5.69 Å². The number of hydrazine groups is 2. The zero-order valence-electron chi connectivity index (χ0n) is 8.42. The third-order valence-electron chi connectivity index (χ3n) is 1.85. The predicted octanol–water partition coefficient (Wildman–Crippen LogP) is 1.48. The molecule has 8 nitrogen and oxygen atoms in total. The smallest absolute Gasteiger partial charge is 0.399 e. The van der Waals surface area contributed by atoms with Crippen molar-refractivity contribution < 1.29 is 23.2 Å². The number of hydrogen-bond acceptors (Lipinski definition) is 5. The van der Waals surface area contributed by atoms with Crippen molar-refractivity contribution in [3.05, 3.63) is 44.0 Å². The molecular weight excluding hydrogens is 261 g/mol. The van der Waals surface area contributed by atoms with Crippen molar-refractivity contribution in [2.24, 2.45) is 0 Å². The van der Waals surface area contributed by atoms with Crippen molar-refractivity contribution in [1.29, 1.82) is 0 Å². The minimum absolute atomic E-state index is 0.272. The molecule has 0 spiro atoms. The van der Waals surface area contributed by atoms with E-state index >= 15 is 0 Å². The highest BCUT2D eigenvalue weighted by Crippen LogP contribution is 2.37. The maximum absolute atomic E-state index is 12.6. The molecule has 1 aromatic rings. The lowest BCUT2D eigenvalue weighted by Gasteiger charge is -2.12. The molecule has 11 heteroatoms. The number of nitro groups is 2. The van der Waals surface area contributed by atoms with Gasteiger partial charge in [0.15, 0.2) is 5.69 Å². The van der Waals surface area contributed by atoms with Gasteiger partial charge in [0, 0.05) is 5.69 Å². The summed E-state index contributed by atoms with van der Waals surface area (Å²) in [5, 5.41) is 16.8. The molecule has 0 unspecified atom stereocenters. The second-order valence-corrected chi connectivity index (χ2v) is 3.04. The molecule has 1 rings (SSSR count). The van der Waals surface area contributed by atoms with Gasteiger partial charge in [0.25, 0.3) is 0 Å². The summed E-state index contributed by atoms with van der Waals surface area (Å²) < 4.78 is 37.7. The molecule has 0 saturated heterocycles. The molecule has 0 aliphatic heterocycles. The Balaban J connectivity index is 3.50. The van der Waals surface area contributed by atoms with Crippen molar-refractivity contribution in [1.82, 2.24) is 0 Å². The van der Waals surface area contributed by atoms with Gasteiger partial charge in [-0.1, -0.05) is 0 Å². The number of anilines is 2. The maximum Gasteiger partial charge on any atom is 0.418 e. The summed E-state index contributed by atoms with van der Waals surface area (Å²) in [7, 11) is 0. The van der Waals surface area contributed by atoms with Crippen LogP contribution in [0.3, 0.4) is 0 Å². The average Bonchev–Trinajstić information content (AvgIpc) is 2.13. The third-order valence-corrected chi connectivity index (χ3v) is 1.85. The fourth-order valence-electron chi connectivity index (χ4n) is 1.19. The summed E-state index contributed by atoms with van der Waals surface area (Å²) in [5.74, 6) is 0. The van der Waals surface area contributed by atoms with E-state index < -0.39 is 32.6 Å². The van der Waals surface area contributed by atoms with Gasteiger partial charge in [-0.15, -0.1) is 0 Å². The average molecular weight is 266 g/mol. The number of nitrogens with two attached hydrogens (primary N) is 1. The largest absolute Gasteiger partial charge is 0.418 e. The van der Waals surface area contributed by atoms with E-state index in [2.05, 4.69) is 0 Å². The van der Waals surface area contributed by atoms with Crippen LogP contribution < -0.4 is 10.9 Å². The van der Waals surface area contributed by atoms with Gasteiger partial charge in [-0.3, -0.25) is 0 Å². The number of nitrogen functional groups attached to an aromatic ring is 1. The first-order valence-corrected chi connectivity index (χ1v) is 4.20. The summed E-state index contributed by atoms with van der Waals surface area (Å²) in [4.78, 5) is 20.8. The van der Waals surface area contributed by atoms with E-state index in [4.69, 9.17) is 5.73 Å². The molecular formula is C7H5F3N4O4. The van der Waals surface area contributed by atoms with E-state index in [0.29, 0.717) is 12.1 Å². The molecule has 0 heterocycles. The van der Waals surface area contributed by atoms with Crippen LogP contribution in [0.25, 0.3) is 0 Å². The molecule has 0 aliphatic carbocycles. The van der Waals surface area contributed by atoms with Crippen LogP contribution in [0, 0.1) is 20.2 Å². The lowest BCUT2D eigenvalue weighted by molar-refractivity contribution is -0.712. The molecule has 2 N–H and O–H groups in total. The van der Waals surface area contributed by atoms with Crippen LogP contribution in [-0.4, -0.2) is 10.1 Å². The van der Waals surface area contributed by atoms with E-state index in [1.54, 1.807) is 0 Å². The summed E-state index contributed by atoms with van der Waals surface area (Å²) in [5.41, 5.74) is 2.12. The summed E-state index contributed by atoms with van der Waals surface area (Å²) in [6.45, 7) is 0. The Kier molecular flexibility index (Phi) is 3.26. The zero-order valence-corrected chi connectivity index (χ0v) is 8.42. The van der Waals surface area contributed by atoms with Gasteiger partial charge in [0.05, 0.1) is 5.56 Å². The highest BCUT2D eigenvalue weighted by Gasteiger charge is 2.42. The number of hydrogen-bond donors (Lipinski definition) is 1. The minimum Gasteiger partial charge on any atom is -0.399 e. The highest BCUT2D eigenvalue weighted by molar-refractivity contribution is 5.59. The summed E-state index contributed by atoms with van der Waals surface area (Å²) >= 11 is 0. The Bertz CT molecular complexity index is 490. The fraction of sp³-hybridized carbons (Fsp3) is 0.143. The number of halogens is 3. The van der Waals surface area contributed by atoms with Gasteiger partial charge >= 0.3 is 6.18 Å². The molecule has 0 amide bonds. The molecule has 0 bridgehead atoms. The second kappa shape index (κ2) is 4.35. The monoisotopic (exact) mass is 266 g/mol. The van der Waals surface area contributed by atoms with Crippen LogP contribution in [0.5, 0.6) is 0 Å². The lowest BCUT2D eigenvalue weighted by atomic mass is 10.1. The van der Waals surface area contributed by atoms with E-state index in [1.807, 2.05) is 0 Å². The van der Waals surface area contributed by atoms with Crippen molar-refractivity contribution in [3.63, 3.8) is 0 Å². The summed E-state index contributed by atoms with van der Waals surface area (Å²) in [6.07, 6.45) is -4.98. The lowest BCUT2D eigenvalue weighted by Crippen LogP contribution is -2.37. The summed E-state index contributed by atoms with van der Waals surface area (Å²) in [6, 6.07) is 1.78. The number of benzene rings is 1. The van der Waals surface area contributed by atoms with E-state index in [1.165, 1.54) is 0 Å². The van der Waals surface area contributed by atoms with Crippen molar-refractivity contribution >= 4 is 11.4 Å². The van der Waals surface area contributed by atoms with Gasteiger partial charge in [-0.25, -0.2) is 20.2 Å². The Morgan fingerprint density at radius 2 is 1.67 bits per heavy atom. The fourth-order valence-corrected chi connectivity index (χ4v) is 1.19. The molecule has 18 heavy (non-hydrogen) atoms. The minimum atomic E-state index is -4.98. The molecule has 0 aromatic heterocycles. The second-order valence-electron chi connectivity index (χ2n) is 3.04. The van der Waals surface area contributed by atoms with Gasteiger partial charge in [0.2, 0.25) is 15.2 Å². The normalized spacial score (nSPS) is 11.1. The van der Waals surface area contributed by atoms with Crippen LogP contribution in [-0.2, 0) is 6.18 Å². The molecule has 0 saturated carbocycles. The molecule has 0 atom stereocenters. The topological polar surface area (TPSA) is 116 Å². The maximum atomic E-state index is 12.6. The molecule has 1 aromatic carbocycles. The molecule has 98 valence electrons. The molecule has 0 aliphatic rings. The van der Waals surface area contributed by atoms with Crippen molar-refractivity contribution in [2.45, 2.75) is 6.18 Å². The van der Waals surface area contributed by atoms with Gasteiger partial charge < -0.3 is 5.73 Å². The van der Waals surface area contributed by atoms with Crippen molar-refractivity contribution in [2.75, 3.05) is 10.9 Å². The standard InChI is InChI=1S/C7H5F3N4O4/c8-7(9,10)5-2-1-4(11)3-6(5)12(13(15)16)14(17)18/h1-3H,11H2. The van der Waals surface area contributed by atoms with Gasteiger partial charge in [-0.2, -0.15) is 13.2 Å². The van der Waals surface area contributed by atoms with Gasteiger partial charge in [-0.05, 0) is 18.2 Å². The Morgan fingerprint density at radius 3 is 2.06 bits per heavy atom. The first kappa shape index (κ1) is 13.5. The van der Waals surface area contributed by atoms with Crippen LogP contribution in [0.1, 0.15) is 5.56 Å². The first-order chi connectivity index (χ1) is 8.14. The van der Waals surface area contributed by atoms with Crippen LogP contribution >= 0.6 is 0 Å². The first-order valence-electron chi connectivity index (χ1n) is 4.20. The van der Waals surface area contributed by atoms with Crippen LogP contribution in [0.15, 0.2) is 18.2 Å². The number of nitrogens with zero attached hydrogens (tertiary/aromatic N) is 3. The van der Waals surface area contributed by atoms with Crippen molar-refractivity contribution in [3.8, 4) is 0 Å². The highest BCUT2D eigenvalue weighted by atomic mass is 19.4. The zero-order chi connectivity index (χ0) is 14.1. The SMILES string of the molecule is Nc1ccc(C(F)(F)F)c(N([N+](=O)[O-])[N+](=O)[O-])c1. The number of rotatable bonds is 3. The predicted molar refractivity (Wildman–Crippen MR) is 52.3 cm³/mol. The number of alkyl halides is 3. The van der Waals surface area contributed by atoms with Gasteiger partial charge in [0.1, 0.15) is 0 Å². The Hall–Kier alpha value is -2.59. The molecule has 0 radical (unpaired) electrons. The van der Waals surface area contributed by atoms with E-state index in [9.17, 15) is 33.4 Å². The molecule has 0 fully saturated rings. The third kappa shape index (κ3) is 2.56.